The Morgan fingerprint density at radius 3 is 2.32 bits per heavy atom. The first-order chi connectivity index (χ1) is 30.5. The zero-order chi connectivity index (χ0) is 48.3. The lowest BCUT2D eigenvalue weighted by molar-refractivity contribution is -0.172. The second-order valence-electron chi connectivity index (χ2n) is 15.7. The summed E-state index contributed by atoms with van der Waals surface area (Å²) in [7, 11) is 2.81. The number of rotatable bonds is 13. The molecule has 0 fully saturated rings. The highest BCUT2D eigenvalue weighted by molar-refractivity contribution is 8.00. The summed E-state index contributed by atoms with van der Waals surface area (Å²) in [5.41, 5.74) is 6.86. The Morgan fingerprint density at radius 1 is 1.08 bits per heavy atom. The number of carboxylic acids is 1. The van der Waals surface area contributed by atoms with E-state index in [2.05, 4.69) is 28.9 Å². The molecule has 3 unspecified atom stereocenters. The maximum atomic E-state index is 14.3. The number of hydrogen-bond acceptors (Lipinski definition) is 14. The second-order valence-corrected chi connectivity index (χ2v) is 20.6. The van der Waals surface area contributed by atoms with Gasteiger partial charge in [0.25, 0.3) is 0 Å². The van der Waals surface area contributed by atoms with Crippen molar-refractivity contribution >= 4 is 71.4 Å². The number of halogens is 2. The highest BCUT2D eigenvalue weighted by atomic mass is 35.5. The van der Waals surface area contributed by atoms with Crippen LogP contribution in [0.5, 0.6) is 17.2 Å². The summed E-state index contributed by atoms with van der Waals surface area (Å²) < 4.78 is 50.6. The van der Waals surface area contributed by atoms with Crippen LogP contribution >= 0.6 is 42.1 Å². The molecule has 2 aliphatic rings. The maximum absolute atomic E-state index is 14.3. The van der Waals surface area contributed by atoms with E-state index in [0.29, 0.717) is 40.0 Å². The number of fused-ring (bicyclic) bond motifs is 2. The third-order valence-electron chi connectivity index (χ3n) is 9.96. The fourth-order valence-electron chi connectivity index (χ4n) is 6.45. The first kappa shape index (κ1) is 52.9. The number of thioether (sulfide) groups is 1. The number of carbonyl (C=O) groups excluding carboxylic acids is 2. The first-order valence-electron chi connectivity index (χ1n) is 20.0. The summed E-state index contributed by atoms with van der Waals surface area (Å²) in [5, 5.41) is 12.3. The molecule has 3 aromatic carbocycles. The number of carboxylic acid groups (broad SMARTS) is 1. The Morgan fingerprint density at radius 2 is 1.72 bits per heavy atom. The molecule has 18 nitrogen and oxygen atoms in total. The van der Waals surface area contributed by atoms with Crippen molar-refractivity contribution in [3.05, 3.63) is 85.5 Å². The quantitative estimate of drug-likeness (QED) is 0.0442. The number of amides is 2. The molecule has 3 heterocycles. The fourth-order valence-corrected chi connectivity index (χ4v) is 9.20. The Balaban J connectivity index is 0.000000234. The number of hydroxylamine groups is 2. The summed E-state index contributed by atoms with van der Waals surface area (Å²) in [6.45, 7) is 8.81. The summed E-state index contributed by atoms with van der Waals surface area (Å²) >= 11 is 8.17. The van der Waals surface area contributed by atoms with Crippen molar-refractivity contribution in [1.82, 2.24) is 14.4 Å². The van der Waals surface area contributed by atoms with E-state index in [1.165, 1.54) is 34.0 Å². The molecular formula is C42H55ClFN6O12PS2. The van der Waals surface area contributed by atoms with Crippen molar-refractivity contribution in [1.29, 1.82) is 0 Å². The van der Waals surface area contributed by atoms with Gasteiger partial charge in [0.05, 0.1) is 25.0 Å². The van der Waals surface area contributed by atoms with Crippen LogP contribution in [-0.2, 0) is 47.0 Å². The van der Waals surface area contributed by atoms with Gasteiger partial charge in [0.2, 0.25) is 10.6 Å². The van der Waals surface area contributed by atoms with E-state index in [1.54, 1.807) is 40.7 Å². The van der Waals surface area contributed by atoms with Gasteiger partial charge in [-0.1, -0.05) is 31.5 Å². The summed E-state index contributed by atoms with van der Waals surface area (Å²) in [4.78, 5) is 64.0. The van der Waals surface area contributed by atoms with Gasteiger partial charge in [0.15, 0.2) is 7.37 Å². The minimum Gasteiger partial charge on any atom is -0.480 e. The zero-order valence-electron chi connectivity index (χ0n) is 37.3. The number of aliphatic carboxylic acids is 1. The van der Waals surface area contributed by atoms with Crippen LogP contribution in [0.25, 0.3) is 0 Å². The number of esters is 1. The van der Waals surface area contributed by atoms with E-state index >= 15 is 0 Å². The van der Waals surface area contributed by atoms with Gasteiger partial charge in [-0.05, 0) is 78.5 Å². The number of carbonyl (C=O) groups is 3. The van der Waals surface area contributed by atoms with Gasteiger partial charge in [0, 0.05) is 75.6 Å². The maximum Gasteiger partial charge on any atom is 0.345 e. The number of urea groups is 1. The van der Waals surface area contributed by atoms with Crippen molar-refractivity contribution in [2.45, 2.75) is 81.7 Å². The minimum atomic E-state index is -3.10. The second kappa shape index (κ2) is 23.1. The smallest absolute Gasteiger partial charge is 0.345 e. The number of methoxy groups -OCH3 is 2. The molecule has 356 valence electrons. The third-order valence-corrected chi connectivity index (χ3v) is 13.4. The van der Waals surface area contributed by atoms with Crippen LogP contribution in [-0.4, -0.2) is 101 Å². The standard InChI is InChI=1S/C22H28N2O5.C15H15ClFN3O3S2.C5H12NO4P/c1-21(2)14-22(3,26-5)29-19-13-17(11-12-18(19)21)28-16-9-7-15(8-10-16)23-20(25)24(4)27-6;1-23-13(21)8-24-12-7-11(10(17)6-9(12)16)18-14-19-4-2-3-5-20(19)15(22)25-14;1-11(9,10)3-2-4(6)5(7)8/h7-13H,14H2,1-6H3,(H,23,25);6-7H,2-5,8H2,1H3;4H,2-3,6H2,1H3,(H,7,8)(H,9,10). The molecule has 2 amide bonds. The molecule has 0 aliphatic carbocycles. The fraction of sp³-hybridized carbons (Fsp3) is 0.452. The predicted molar refractivity (Wildman–Crippen MR) is 246 cm³/mol. The predicted octanol–water partition coefficient (Wildman–Crippen LogP) is 7.41. The van der Waals surface area contributed by atoms with Gasteiger partial charge in [-0.25, -0.2) is 23.9 Å². The number of anilines is 1. The Labute approximate surface area is 388 Å². The van der Waals surface area contributed by atoms with E-state index in [4.69, 9.17) is 46.4 Å². The molecule has 23 heteroatoms. The highest BCUT2D eigenvalue weighted by Gasteiger charge is 2.42. The third kappa shape index (κ3) is 15.4. The van der Waals surface area contributed by atoms with Gasteiger partial charge < -0.3 is 40.0 Å². The summed E-state index contributed by atoms with van der Waals surface area (Å²) in [6.07, 6.45) is 2.65. The van der Waals surface area contributed by atoms with Crippen LogP contribution in [0.1, 0.15) is 52.0 Å². The van der Waals surface area contributed by atoms with Crippen LogP contribution in [0, 0.1) is 5.82 Å². The number of aromatic nitrogens is 2. The van der Waals surface area contributed by atoms with Crippen molar-refractivity contribution in [3.8, 4) is 17.2 Å². The minimum absolute atomic E-state index is 0.0412. The van der Waals surface area contributed by atoms with Crippen LogP contribution in [0.15, 0.2) is 69.3 Å². The van der Waals surface area contributed by atoms with Gasteiger partial charge in [-0.2, -0.15) is 0 Å². The molecule has 2 aliphatic heterocycles. The summed E-state index contributed by atoms with van der Waals surface area (Å²) in [5.74, 6) is -0.672. The van der Waals surface area contributed by atoms with E-state index in [1.807, 2.05) is 25.1 Å². The normalized spacial score (nSPS) is 17.5. The van der Waals surface area contributed by atoms with E-state index in [9.17, 15) is 28.1 Å². The largest absolute Gasteiger partial charge is 0.480 e. The number of benzene rings is 3. The molecule has 0 saturated heterocycles. The van der Waals surface area contributed by atoms with Gasteiger partial charge in [-0.15, -0.1) is 11.8 Å². The highest BCUT2D eigenvalue weighted by Crippen LogP contribution is 2.46. The van der Waals surface area contributed by atoms with Crippen LogP contribution in [0.2, 0.25) is 5.02 Å². The van der Waals surface area contributed by atoms with Crippen molar-refractivity contribution in [2.75, 3.05) is 52.3 Å². The van der Waals surface area contributed by atoms with Crippen LogP contribution in [0.3, 0.4) is 0 Å². The number of nitrogens with two attached hydrogens (primary N) is 1. The Bertz CT molecular complexity index is 2500. The lowest BCUT2D eigenvalue weighted by Crippen LogP contribution is -2.45. The molecule has 5 N–H and O–H groups in total. The Hall–Kier alpha value is -4.73. The lowest BCUT2D eigenvalue weighted by Gasteiger charge is -2.43. The molecule has 0 bridgehead atoms. The van der Waals surface area contributed by atoms with Crippen molar-refractivity contribution in [3.63, 3.8) is 0 Å². The monoisotopic (exact) mass is 984 g/mol. The van der Waals surface area contributed by atoms with E-state index < -0.39 is 37.0 Å². The van der Waals surface area contributed by atoms with Crippen molar-refractivity contribution < 1.29 is 57.1 Å². The van der Waals surface area contributed by atoms with Crippen molar-refractivity contribution in [2.24, 2.45) is 10.7 Å². The van der Waals surface area contributed by atoms with E-state index in [0.717, 1.165) is 64.8 Å². The lowest BCUT2D eigenvalue weighted by atomic mass is 9.76. The van der Waals surface area contributed by atoms with E-state index in [-0.39, 0.29) is 45.4 Å². The van der Waals surface area contributed by atoms with Gasteiger partial charge >= 0.3 is 22.8 Å². The SMILES string of the molecule is COC(=O)CSc1cc(N=c2sc(=O)n3n2CCCC3)c(F)cc1Cl.CON(C)C(=O)Nc1ccc(Oc2ccc3c(c2)OC(C)(OC)CC3(C)C)cc1.CP(=O)(O)CCC(N)C(=O)O. The molecule has 1 aromatic heterocycles. The zero-order valence-corrected chi connectivity index (χ0v) is 40.6. The average molecular weight is 985 g/mol. The molecule has 0 spiro atoms. The molecule has 3 atom stereocenters. The number of hydrogen-bond donors (Lipinski definition) is 4. The molecule has 0 saturated carbocycles. The number of nitrogens with zero attached hydrogens (tertiary/aromatic N) is 4. The number of ether oxygens (including phenoxy) is 4. The molecule has 0 radical (unpaired) electrons. The van der Waals surface area contributed by atoms with Crippen LogP contribution in [0.4, 0.5) is 20.6 Å². The van der Waals surface area contributed by atoms with Crippen LogP contribution < -0.4 is 30.2 Å². The molecule has 6 rings (SSSR count). The summed E-state index contributed by atoms with van der Waals surface area (Å²) in [6, 6.07) is 14.2. The molecular weight excluding hydrogens is 930 g/mol. The number of nitrogens with one attached hydrogen (secondary N) is 1. The van der Waals surface area contributed by atoms with Gasteiger partial charge in [0.1, 0.15) is 34.8 Å². The first-order valence-corrected chi connectivity index (χ1v) is 24.5. The average Bonchev–Trinajstić information content (AvgIpc) is 3.57. The molecule has 4 aromatic rings. The van der Waals surface area contributed by atoms with Gasteiger partial charge in [-0.3, -0.25) is 28.5 Å². The topological polar surface area (TPSA) is 235 Å². The Kier molecular flexibility index (Phi) is 18.8. The molecule has 65 heavy (non-hydrogen) atoms.